The second-order valence-electron chi connectivity index (χ2n) is 5.08. The maximum absolute atomic E-state index is 11.1. The molecule has 0 amide bonds. The van der Waals surface area contributed by atoms with E-state index in [0.717, 1.165) is 18.7 Å². The van der Waals surface area contributed by atoms with Gasteiger partial charge in [-0.25, -0.2) is 9.10 Å². The number of carboxylic acid groups (broad SMARTS) is 1. The van der Waals surface area contributed by atoms with Crippen molar-refractivity contribution in [3.8, 4) is 0 Å². The summed E-state index contributed by atoms with van der Waals surface area (Å²) in [7, 11) is 0. The van der Waals surface area contributed by atoms with Crippen molar-refractivity contribution in [1.29, 1.82) is 0 Å². The van der Waals surface area contributed by atoms with E-state index in [1.807, 2.05) is 4.31 Å². The Balaban J connectivity index is 1.81. The summed E-state index contributed by atoms with van der Waals surface area (Å²) in [5, 5.41) is 24.2. The van der Waals surface area contributed by atoms with Gasteiger partial charge >= 0.3 is 5.97 Å². The summed E-state index contributed by atoms with van der Waals surface area (Å²) >= 11 is 1.32. The number of hydrogen-bond acceptors (Lipinski definition) is 6. The van der Waals surface area contributed by atoms with Crippen molar-refractivity contribution in [3.63, 3.8) is 0 Å². The van der Waals surface area contributed by atoms with Gasteiger partial charge < -0.3 is 5.11 Å². The van der Waals surface area contributed by atoms with E-state index in [1.54, 1.807) is 28.9 Å². The third-order valence-corrected chi connectivity index (χ3v) is 4.60. The number of rotatable bonds is 4. The Morgan fingerprint density at radius 1 is 1.35 bits per heavy atom. The van der Waals surface area contributed by atoms with E-state index in [2.05, 4.69) is 5.10 Å². The number of carboxylic acids is 1. The summed E-state index contributed by atoms with van der Waals surface area (Å²) in [4.78, 5) is 22.3. The van der Waals surface area contributed by atoms with Crippen molar-refractivity contribution in [3.05, 3.63) is 51.8 Å². The molecule has 0 saturated carbocycles. The molecule has 2 aromatic rings. The van der Waals surface area contributed by atoms with Crippen LogP contribution in [0.2, 0.25) is 0 Å². The first-order valence-corrected chi connectivity index (χ1v) is 7.78. The van der Waals surface area contributed by atoms with E-state index in [9.17, 15) is 14.9 Å². The Morgan fingerprint density at radius 3 is 2.87 bits per heavy atom. The smallest absolute Gasteiger partial charge is 0.356 e. The minimum Gasteiger partial charge on any atom is -0.476 e. The lowest BCUT2D eigenvalue weighted by Gasteiger charge is -2.17. The Labute approximate surface area is 136 Å². The minimum absolute atomic E-state index is 0.0255. The summed E-state index contributed by atoms with van der Waals surface area (Å²) in [5.74, 6) is -1.05. The van der Waals surface area contributed by atoms with E-state index in [4.69, 9.17) is 5.11 Å². The number of nitro groups is 1. The molecule has 1 aromatic carbocycles. The van der Waals surface area contributed by atoms with Crippen LogP contribution < -0.4 is 0 Å². The van der Waals surface area contributed by atoms with Gasteiger partial charge in [-0.2, -0.15) is 5.10 Å². The molecule has 1 aliphatic rings. The number of nitrogens with zero attached hydrogens (tertiary/aromatic N) is 4. The van der Waals surface area contributed by atoms with Crippen molar-refractivity contribution in [1.82, 2.24) is 14.1 Å². The Morgan fingerprint density at radius 2 is 2.13 bits per heavy atom. The van der Waals surface area contributed by atoms with Crippen LogP contribution in [0.3, 0.4) is 0 Å². The molecule has 2 heterocycles. The van der Waals surface area contributed by atoms with Crippen LogP contribution in [0, 0.1) is 10.1 Å². The van der Waals surface area contributed by atoms with Gasteiger partial charge in [0.1, 0.15) is 4.90 Å². The fraction of sp³-hybridized carbons (Fsp3) is 0.286. The zero-order valence-electron chi connectivity index (χ0n) is 12.1. The molecule has 8 nitrogen and oxygen atoms in total. The van der Waals surface area contributed by atoms with E-state index in [0.29, 0.717) is 18.0 Å². The molecule has 0 bridgehead atoms. The number of aromatic carboxylic acids is 1. The maximum atomic E-state index is 11.1. The molecule has 1 N–H and O–H groups in total. The highest BCUT2D eigenvalue weighted by Gasteiger charge is 2.22. The van der Waals surface area contributed by atoms with E-state index in [1.165, 1.54) is 18.0 Å². The van der Waals surface area contributed by atoms with Gasteiger partial charge in [0.2, 0.25) is 0 Å². The maximum Gasteiger partial charge on any atom is 0.356 e. The quantitative estimate of drug-likeness (QED) is 0.520. The van der Waals surface area contributed by atoms with Crippen LogP contribution in [0.1, 0.15) is 22.6 Å². The second-order valence-corrected chi connectivity index (χ2v) is 6.22. The van der Waals surface area contributed by atoms with Crippen LogP contribution in [0.15, 0.2) is 35.2 Å². The molecule has 0 fully saturated rings. The first-order valence-electron chi connectivity index (χ1n) is 7.01. The topological polar surface area (TPSA) is 102 Å². The van der Waals surface area contributed by atoms with Crippen LogP contribution in [-0.4, -0.2) is 36.6 Å². The molecule has 0 unspecified atom stereocenters. The number of carbonyl (C=O) groups is 1. The molecule has 0 atom stereocenters. The highest BCUT2D eigenvalue weighted by Crippen LogP contribution is 2.33. The second kappa shape index (κ2) is 6.39. The summed E-state index contributed by atoms with van der Waals surface area (Å²) in [6, 6.07) is 8.15. The number of aryl methyl sites for hydroxylation is 1. The molecular formula is C14H14N4O4S. The van der Waals surface area contributed by atoms with E-state index in [-0.39, 0.29) is 11.4 Å². The summed E-state index contributed by atoms with van der Waals surface area (Å²) in [6.45, 7) is 1.86. The van der Waals surface area contributed by atoms with Gasteiger partial charge in [-0.15, -0.1) is 0 Å². The van der Waals surface area contributed by atoms with Gasteiger partial charge in [0.05, 0.1) is 17.2 Å². The van der Waals surface area contributed by atoms with Gasteiger partial charge in [0, 0.05) is 19.2 Å². The first-order chi connectivity index (χ1) is 11.0. The van der Waals surface area contributed by atoms with Gasteiger partial charge in [0.15, 0.2) is 5.69 Å². The molecule has 0 spiro atoms. The highest BCUT2D eigenvalue weighted by molar-refractivity contribution is 7.97. The number of nitro benzene ring substituents is 1. The number of aromatic nitrogens is 2. The average molecular weight is 334 g/mol. The molecule has 23 heavy (non-hydrogen) atoms. The zero-order chi connectivity index (χ0) is 16.4. The van der Waals surface area contributed by atoms with Crippen LogP contribution in [0.5, 0.6) is 0 Å². The van der Waals surface area contributed by atoms with Gasteiger partial charge in [0.25, 0.3) is 5.69 Å². The predicted molar refractivity (Wildman–Crippen MR) is 83.2 cm³/mol. The monoisotopic (exact) mass is 334 g/mol. The standard InChI is InChI=1S/C14H14N4O4S/c19-14(20)11-8-10-9-16(6-3-7-17(10)15-11)23-13-5-2-1-4-12(13)18(21)22/h1-2,4-5,8H,3,6-7,9H2,(H,19,20). The SMILES string of the molecule is O=C(O)c1cc2n(n1)CCCN(Sc1ccccc1[N+](=O)[O-])C2. The summed E-state index contributed by atoms with van der Waals surface area (Å²) in [6.07, 6.45) is 0.793. The summed E-state index contributed by atoms with van der Waals surface area (Å²) < 4.78 is 3.69. The van der Waals surface area contributed by atoms with Crippen LogP contribution in [0.4, 0.5) is 5.69 Å². The number of hydrogen-bond donors (Lipinski definition) is 1. The Bertz CT molecular complexity index is 761. The molecule has 1 aromatic heterocycles. The van der Waals surface area contributed by atoms with Crippen LogP contribution in [-0.2, 0) is 13.1 Å². The van der Waals surface area contributed by atoms with Crippen molar-refractivity contribution in [2.45, 2.75) is 24.4 Å². The molecule has 1 aliphatic heterocycles. The normalized spacial score (nSPS) is 15.0. The van der Waals surface area contributed by atoms with Gasteiger partial charge in [-0.1, -0.05) is 12.1 Å². The third-order valence-electron chi connectivity index (χ3n) is 3.49. The first kappa shape index (κ1) is 15.5. The molecule has 0 radical (unpaired) electrons. The molecule has 9 heteroatoms. The molecule has 0 aliphatic carbocycles. The zero-order valence-corrected chi connectivity index (χ0v) is 12.9. The lowest BCUT2D eigenvalue weighted by atomic mass is 10.3. The fourth-order valence-electron chi connectivity index (χ4n) is 2.44. The Kier molecular flexibility index (Phi) is 4.30. The van der Waals surface area contributed by atoms with Gasteiger partial charge in [-0.05, 0) is 30.5 Å². The van der Waals surface area contributed by atoms with Crippen LogP contribution in [0.25, 0.3) is 0 Å². The average Bonchev–Trinajstić information content (AvgIpc) is 2.82. The number of fused-ring (bicyclic) bond motifs is 1. The minimum atomic E-state index is -1.05. The number of benzene rings is 1. The lowest BCUT2D eigenvalue weighted by molar-refractivity contribution is -0.387. The molecule has 0 saturated heterocycles. The largest absolute Gasteiger partial charge is 0.476 e. The van der Waals surface area contributed by atoms with Crippen molar-refractivity contribution in [2.75, 3.05) is 6.54 Å². The van der Waals surface area contributed by atoms with Crippen molar-refractivity contribution in [2.24, 2.45) is 0 Å². The van der Waals surface area contributed by atoms with Crippen molar-refractivity contribution >= 4 is 23.6 Å². The van der Waals surface area contributed by atoms with Crippen molar-refractivity contribution < 1.29 is 14.8 Å². The number of para-hydroxylation sites is 1. The van der Waals surface area contributed by atoms with Crippen LogP contribution >= 0.6 is 11.9 Å². The molecule has 120 valence electrons. The highest BCUT2D eigenvalue weighted by atomic mass is 32.2. The molecule has 3 rings (SSSR count). The fourth-order valence-corrected chi connectivity index (χ4v) is 3.51. The summed E-state index contributed by atoms with van der Waals surface area (Å²) in [5.41, 5.74) is 0.894. The van der Waals surface area contributed by atoms with E-state index < -0.39 is 10.9 Å². The van der Waals surface area contributed by atoms with E-state index >= 15 is 0 Å². The lowest BCUT2D eigenvalue weighted by Crippen LogP contribution is -2.15. The predicted octanol–water partition coefficient (Wildman–Crippen LogP) is 2.40. The molecular weight excluding hydrogens is 320 g/mol. The Hall–Kier alpha value is -2.39. The van der Waals surface area contributed by atoms with Gasteiger partial charge in [-0.3, -0.25) is 14.8 Å². The third kappa shape index (κ3) is 3.35.